The van der Waals surface area contributed by atoms with Crippen molar-refractivity contribution in [2.24, 2.45) is 7.05 Å². The molecule has 2 aromatic carbocycles. The third kappa shape index (κ3) is 3.62. The van der Waals surface area contributed by atoms with Crippen LogP contribution in [0.4, 0.5) is 0 Å². The molecule has 0 spiro atoms. The normalized spacial score (nSPS) is 11.9. The van der Waals surface area contributed by atoms with Crippen molar-refractivity contribution in [1.82, 2.24) is 4.98 Å². The van der Waals surface area contributed by atoms with Crippen molar-refractivity contribution in [1.29, 1.82) is 0 Å². The molecule has 0 bridgehead atoms. The van der Waals surface area contributed by atoms with Crippen molar-refractivity contribution < 1.29 is 8.98 Å². The molecule has 0 saturated carbocycles. The molecule has 3 aromatic heterocycles. The molecule has 0 amide bonds. The van der Waals surface area contributed by atoms with Crippen LogP contribution in [0.25, 0.3) is 44.5 Å². The number of rotatable bonds is 4. The first-order valence-corrected chi connectivity index (χ1v) is 11.8. The molecule has 0 unspecified atom stereocenters. The van der Waals surface area contributed by atoms with Gasteiger partial charge >= 0.3 is 0 Å². The van der Waals surface area contributed by atoms with E-state index in [1.165, 1.54) is 22.3 Å². The first kappa shape index (κ1) is 21.4. The summed E-state index contributed by atoms with van der Waals surface area (Å²) in [6.07, 6.45) is 2.11. The average molecular weight is 436 g/mol. The zero-order valence-electron chi connectivity index (χ0n) is 20.3. The van der Waals surface area contributed by atoms with E-state index >= 15 is 0 Å². The standard InChI is InChI=1S/C30H31N2O/c1-18(2)21-9-7-10-22(17-21)23-11-8-16-32(6)28(23)27-20(5)12-13-24-25-14-15-26(19(3)4)31-30(25)33-29(24)27/h7-19H,1-6H3/q+1. The fraction of sp³-hybridized carbons (Fsp3) is 0.267. The first-order chi connectivity index (χ1) is 15.8. The van der Waals surface area contributed by atoms with Gasteiger partial charge in [-0.2, -0.15) is 0 Å². The highest BCUT2D eigenvalue weighted by atomic mass is 16.3. The van der Waals surface area contributed by atoms with E-state index in [9.17, 15) is 0 Å². The number of pyridine rings is 2. The van der Waals surface area contributed by atoms with Gasteiger partial charge in [0.2, 0.25) is 11.4 Å². The summed E-state index contributed by atoms with van der Waals surface area (Å²) in [5, 5.41) is 2.18. The fourth-order valence-corrected chi connectivity index (χ4v) is 4.67. The molecule has 5 aromatic rings. The minimum Gasteiger partial charge on any atom is -0.437 e. The van der Waals surface area contributed by atoms with Gasteiger partial charge in [-0.3, -0.25) is 0 Å². The highest BCUT2D eigenvalue weighted by Crippen LogP contribution is 2.40. The summed E-state index contributed by atoms with van der Waals surface area (Å²) in [7, 11) is 2.11. The molecule has 0 N–H and O–H groups in total. The topological polar surface area (TPSA) is 29.9 Å². The summed E-state index contributed by atoms with van der Waals surface area (Å²) in [6, 6.07) is 21.9. The van der Waals surface area contributed by atoms with E-state index in [0.717, 1.165) is 33.3 Å². The molecule has 5 rings (SSSR count). The van der Waals surface area contributed by atoms with Crippen LogP contribution in [-0.4, -0.2) is 4.98 Å². The van der Waals surface area contributed by atoms with Crippen LogP contribution in [0.3, 0.4) is 0 Å². The van der Waals surface area contributed by atoms with Crippen molar-refractivity contribution in [2.45, 2.75) is 46.5 Å². The molecule has 166 valence electrons. The van der Waals surface area contributed by atoms with Crippen LogP contribution in [0.5, 0.6) is 0 Å². The van der Waals surface area contributed by atoms with Crippen LogP contribution >= 0.6 is 0 Å². The van der Waals surface area contributed by atoms with Gasteiger partial charge in [0.25, 0.3) is 0 Å². The van der Waals surface area contributed by atoms with E-state index in [1.54, 1.807) is 0 Å². The quantitative estimate of drug-likeness (QED) is 0.271. The second-order valence-corrected chi connectivity index (χ2v) is 9.64. The van der Waals surface area contributed by atoms with Crippen LogP contribution < -0.4 is 4.57 Å². The lowest BCUT2D eigenvalue weighted by molar-refractivity contribution is -0.659. The minimum absolute atomic E-state index is 0.357. The summed E-state index contributed by atoms with van der Waals surface area (Å²) < 4.78 is 8.70. The van der Waals surface area contributed by atoms with Crippen molar-refractivity contribution in [3.05, 3.63) is 83.7 Å². The van der Waals surface area contributed by atoms with Crippen LogP contribution in [0, 0.1) is 6.92 Å². The van der Waals surface area contributed by atoms with Crippen LogP contribution in [-0.2, 0) is 7.05 Å². The molecule has 3 heterocycles. The number of fused-ring (bicyclic) bond motifs is 3. The Hall–Kier alpha value is -3.46. The molecule has 0 radical (unpaired) electrons. The minimum atomic E-state index is 0.357. The first-order valence-electron chi connectivity index (χ1n) is 11.8. The zero-order valence-corrected chi connectivity index (χ0v) is 20.3. The maximum atomic E-state index is 6.49. The van der Waals surface area contributed by atoms with Gasteiger partial charge < -0.3 is 4.42 Å². The van der Waals surface area contributed by atoms with Crippen LogP contribution in [0.15, 0.2) is 71.3 Å². The van der Waals surface area contributed by atoms with Gasteiger partial charge in [0.1, 0.15) is 7.05 Å². The number of hydrogen-bond donors (Lipinski definition) is 0. The van der Waals surface area contributed by atoms with Crippen molar-refractivity contribution in [2.75, 3.05) is 0 Å². The molecule has 0 aliphatic heterocycles. The van der Waals surface area contributed by atoms with E-state index in [-0.39, 0.29) is 0 Å². The van der Waals surface area contributed by atoms with Crippen molar-refractivity contribution >= 4 is 22.1 Å². The SMILES string of the molecule is Cc1ccc2c(oc3nc(C(C)C)ccc32)c1-c1c(-c2cccc(C(C)C)c2)ccc[n+]1C. The molecule has 33 heavy (non-hydrogen) atoms. The third-order valence-corrected chi connectivity index (χ3v) is 6.61. The number of furan rings is 1. The molecule has 0 saturated heterocycles. The Morgan fingerprint density at radius 1 is 0.848 bits per heavy atom. The lowest BCUT2D eigenvalue weighted by atomic mass is 9.92. The number of hydrogen-bond acceptors (Lipinski definition) is 2. The van der Waals surface area contributed by atoms with Gasteiger partial charge in [0, 0.05) is 22.5 Å². The highest BCUT2D eigenvalue weighted by Gasteiger charge is 2.25. The Kier molecular flexibility index (Phi) is 5.28. The number of nitrogens with zero attached hydrogens (tertiary/aromatic N) is 2. The van der Waals surface area contributed by atoms with Gasteiger partial charge in [-0.15, -0.1) is 0 Å². The molecule has 0 fully saturated rings. The van der Waals surface area contributed by atoms with Crippen LogP contribution in [0.2, 0.25) is 0 Å². The third-order valence-electron chi connectivity index (χ3n) is 6.61. The smallest absolute Gasteiger partial charge is 0.227 e. The number of aryl methyl sites for hydroxylation is 2. The Morgan fingerprint density at radius 3 is 2.39 bits per heavy atom. The summed E-state index contributed by atoms with van der Waals surface area (Å²) in [5.74, 6) is 0.836. The molecule has 3 nitrogen and oxygen atoms in total. The summed E-state index contributed by atoms with van der Waals surface area (Å²) in [6.45, 7) is 11.0. The fourth-order valence-electron chi connectivity index (χ4n) is 4.67. The second kappa shape index (κ2) is 8.15. The maximum Gasteiger partial charge on any atom is 0.227 e. The summed E-state index contributed by atoms with van der Waals surface area (Å²) >= 11 is 0. The lowest BCUT2D eigenvalue weighted by Crippen LogP contribution is -2.31. The highest BCUT2D eigenvalue weighted by molar-refractivity contribution is 6.09. The molecular weight excluding hydrogens is 404 g/mol. The molecule has 0 aliphatic rings. The van der Waals surface area contributed by atoms with Crippen molar-refractivity contribution in [3.63, 3.8) is 0 Å². The Bertz CT molecular complexity index is 1490. The summed E-state index contributed by atoms with van der Waals surface area (Å²) in [5.41, 5.74) is 9.91. The van der Waals surface area contributed by atoms with E-state index in [4.69, 9.17) is 9.40 Å². The monoisotopic (exact) mass is 435 g/mol. The average Bonchev–Trinajstić information content (AvgIpc) is 3.17. The Morgan fingerprint density at radius 2 is 1.64 bits per heavy atom. The largest absolute Gasteiger partial charge is 0.437 e. The van der Waals surface area contributed by atoms with E-state index in [1.807, 2.05) is 0 Å². The molecule has 3 heteroatoms. The molecular formula is C30H31N2O+. The van der Waals surface area contributed by atoms with Gasteiger partial charge in [-0.1, -0.05) is 64.1 Å². The lowest BCUT2D eigenvalue weighted by Gasteiger charge is -2.12. The molecule has 0 atom stereocenters. The van der Waals surface area contributed by atoms with Crippen LogP contribution in [0.1, 0.15) is 56.4 Å². The Balaban J connectivity index is 1.82. The van der Waals surface area contributed by atoms with Gasteiger partial charge in [0.05, 0.1) is 11.1 Å². The zero-order chi connectivity index (χ0) is 23.3. The van der Waals surface area contributed by atoms with E-state index < -0.39 is 0 Å². The maximum absolute atomic E-state index is 6.49. The van der Waals surface area contributed by atoms with Gasteiger partial charge in [-0.25, -0.2) is 9.55 Å². The predicted molar refractivity (Wildman–Crippen MR) is 136 cm³/mol. The number of aromatic nitrogens is 2. The van der Waals surface area contributed by atoms with Gasteiger partial charge in [-0.05, 0) is 53.6 Å². The molecule has 0 aliphatic carbocycles. The predicted octanol–water partition coefficient (Wildman–Crippen LogP) is 7.69. The van der Waals surface area contributed by atoms with E-state index in [2.05, 4.69) is 113 Å². The van der Waals surface area contributed by atoms with E-state index in [0.29, 0.717) is 17.5 Å². The van der Waals surface area contributed by atoms with Crippen molar-refractivity contribution in [3.8, 4) is 22.4 Å². The Labute approximate surface area is 195 Å². The number of benzene rings is 2. The second-order valence-electron chi connectivity index (χ2n) is 9.64. The van der Waals surface area contributed by atoms with Gasteiger partial charge in [0.15, 0.2) is 11.8 Å². The summed E-state index contributed by atoms with van der Waals surface area (Å²) in [4.78, 5) is 4.84.